The molecule has 0 aromatic heterocycles. The van der Waals surface area contributed by atoms with Crippen molar-refractivity contribution in [2.45, 2.75) is 66.3 Å². The van der Waals surface area contributed by atoms with Crippen molar-refractivity contribution < 1.29 is 0 Å². The number of nitrogens with one attached hydrogen (secondary N) is 1. The molecule has 0 radical (unpaired) electrons. The smallest absolute Gasteiger partial charge is 0.0237 e. The molecular weight excluding hydrogens is 244 g/mol. The Bertz CT molecular complexity index is 249. The highest BCUT2D eigenvalue weighted by atomic mass is 15.1. The van der Waals surface area contributed by atoms with Crippen molar-refractivity contribution in [3.63, 3.8) is 0 Å². The zero-order valence-corrected chi connectivity index (χ0v) is 15.0. The van der Waals surface area contributed by atoms with Crippen LogP contribution in [0.2, 0.25) is 0 Å². The topological polar surface area (TPSA) is 15.3 Å². The molecule has 0 aliphatic heterocycles. The third-order valence-electron chi connectivity index (χ3n) is 5.29. The molecule has 0 amide bonds. The molecule has 20 heavy (non-hydrogen) atoms. The number of hydrogen-bond donors (Lipinski definition) is 1. The van der Waals surface area contributed by atoms with Crippen LogP contribution in [0.1, 0.15) is 60.3 Å². The molecule has 1 unspecified atom stereocenters. The zero-order valence-electron chi connectivity index (χ0n) is 15.0. The second-order valence-corrected chi connectivity index (χ2v) is 8.52. The van der Waals surface area contributed by atoms with Gasteiger partial charge in [-0.05, 0) is 69.5 Å². The molecule has 2 heteroatoms. The van der Waals surface area contributed by atoms with Crippen LogP contribution in [-0.2, 0) is 0 Å². The molecule has 0 saturated heterocycles. The molecule has 0 spiro atoms. The first kappa shape index (κ1) is 18.0. The molecule has 1 atom stereocenters. The lowest BCUT2D eigenvalue weighted by Gasteiger charge is -2.37. The second-order valence-electron chi connectivity index (χ2n) is 8.52. The maximum absolute atomic E-state index is 3.73. The van der Waals surface area contributed by atoms with Crippen LogP contribution in [0.3, 0.4) is 0 Å². The van der Waals surface area contributed by atoms with E-state index in [1.165, 1.54) is 32.2 Å². The van der Waals surface area contributed by atoms with Gasteiger partial charge in [0.05, 0.1) is 0 Å². The Morgan fingerprint density at radius 1 is 1.05 bits per heavy atom. The fraction of sp³-hybridized carbons (Fsp3) is 1.00. The summed E-state index contributed by atoms with van der Waals surface area (Å²) in [5.41, 5.74) is 0.506. The van der Waals surface area contributed by atoms with E-state index < -0.39 is 0 Å². The summed E-state index contributed by atoms with van der Waals surface area (Å²) >= 11 is 0. The van der Waals surface area contributed by atoms with Gasteiger partial charge < -0.3 is 10.2 Å². The van der Waals surface area contributed by atoms with Crippen molar-refractivity contribution in [1.29, 1.82) is 0 Å². The molecular formula is C18H38N2. The fourth-order valence-electron chi connectivity index (χ4n) is 3.68. The van der Waals surface area contributed by atoms with E-state index in [-0.39, 0.29) is 0 Å². The quantitative estimate of drug-likeness (QED) is 0.791. The molecule has 1 aliphatic carbocycles. The zero-order chi connectivity index (χ0) is 15.3. The third kappa shape index (κ3) is 5.73. The minimum absolute atomic E-state index is 0.506. The highest BCUT2D eigenvalue weighted by Crippen LogP contribution is 2.39. The van der Waals surface area contributed by atoms with E-state index in [2.05, 4.69) is 58.9 Å². The van der Waals surface area contributed by atoms with E-state index in [0.29, 0.717) is 17.4 Å². The lowest BCUT2D eigenvalue weighted by atomic mass is 9.70. The summed E-state index contributed by atoms with van der Waals surface area (Å²) in [4.78, 5) is 2.36. The maximum atomic E-state index is 3.73. The summed E-state index contributed by atoms with van der Waals surface area (Å²) in [5, 5.41) is 3.73. The maximum Gasteiger partial charge on any atom is 0.0237 e. The van der Waals surface area contributed by atoms with Gasteiger partial charge in [0.25, 0.3) is 0 Å². The predicted molar refractivity (Wildman–Crippen MR) is 90.1 cm³/mol. The summed E-state index contributed by atoms with van der Waals surface area (Å²) in [7, 11) is 4.39. The van der Waals surface area contributed by atoms with Crippen molar-refractivity contribution >= 4 is 0 Å². The molecule has 1 saturated carbocycles. The molecule has 0 aromatic carbocycles. The Morgan fingerprint density at radius 3 is 2.00 bits per heavy atom. The van der Waals surface area contributed by atoms with Gasteiger partial charge in [-0.2, -0.15) is 0 Å². The van der Waals surface area contributed by atoms with Gasteiger partial charge in [-0.3, -0.25) is 0 Å². The largest absolute Gasteiger partial charge is 0.315 e. The normalized spacial score (nSPS) is 26.2. The fourth-order valence-corrected chi connectivity index (χ4v) is 3.68. The monoisotopic (exact) mass is 282 g/mol. The number of hydrogen-bond acceptors (Lipinski definition) is 2. The predicted octanol–water partition coefficient (Wildman–Crippen LogP) is 4.01. The third-order valence-corrected chi connectivity index (χ3v) is 5.29. The Balaban J connectivity index is 2.25. The van der Waals surface area contributed by atoms with Gasteiger partial charge in [-0.25, -0.2) is 0 Å². The van der Waals surface area contributed by atoms with Crippen molar-refractivity contribution in [2.24, 2.45) is 23.2 Å². The Kier molecular flexibility index (Phi) is 7.00. The van der Waals surface area contributed by atoms with Gasteiger partial charge in [0.1, 0.15) is 0 Å². The Morgan fingerprint density at radius 2 is 1.60 bits per heavy atom. The molecule has 0 heterocycles. The molecule has 120 valence electrons. The van der Waals surface area contributed by atoms with Crippen molar-refractivity contribution in [3.05, 3.63) is 0 Å². The van der Waals surface area contributed by atoms with Crippen LogP contribution < -0.4 is 5.32 Å². The van der Waals surface area contributed by atoms with Crippen molar-refractivity contribution in [2.75, 3.05) is 27.2 Å². The minimum Gasteiger partial charge on any atom is -0.315 e. The average Bonchev–Trinajstić information content (AvgIpc) is 2.33. The summed E-state index contributed by atoms with van der Waals surface area (Å²) in [6.07, 6.45) is 5.70. The van der Waals surface area contributed by atoms with Crippen LogP contribution in [-0.4, -0.2) is 38.1 Å². The van der Waals surface area contributed by atoms with E-state index >= 15 is 0 Å². The van der Waals surface area contributed by atoms with E-state index in [0.717, 1.165) is 18.4 Å². The van der Waals surface area contributed by atoms with Crippen LogP contribution in [0.25, 0.3) is 0 Å². The minimum atomic E-state index is 0.506. The van der Waals surface area contributed by atoms with Crippen molar-refractivity contribution in [3.8, 4) is 0 Å². The van der Waals surface area contributed by atoms with E-state index in [9.17, 15) is 0 Å². The SMILES string of the molecule is CC(C)C(CNCC1CCC(C(C)(C)C)CC1)N(C)C. The van der Waals surface area contributed by atoms with Gasteiger partial charge in [-0.1, -0.05) is 34.6 Å². The first-order valence-electron chi connectivity index (χ1n) is 8.59. The first-order chi connectivity index (χ1) is 9.21. The van der Waals surface area contributed by atoms with Crippen LogP contribution >= 0.6 is 0 Å². The van der Waals surface area contributed by atoms with Gasteiger partial charge in [-0.15, -0.1) is 0 Å². The lowest BCUT2D eigenvalue weighted by Crippen LogP contribution is -2.43. The van der Waals surface area contributed by atoms with E-state index in [1.54, 1.807) is 0 Å². The lowest BCUT2D eigenvalue weighted by molar-refractivity contribution is 0.146. The second kappa shape index (κ2) is 7.79. The molecule has 1 fully saturated rings. The highest BCUT2D eigenvalue weighted by molar-refractivity contribution is 4.82. The van der Waals surface area contributed by atoms with Gasteiger partial charge in [0.2, 0.25) is 0 Å². The van der Waals surface area contributed by atoms with E-state index in [4.69, 9.17) is 0 Å². The molecule has 0 aromatic rings. The van der Waals surface area contributed by atoms with Gasteiger partial charge in [0, 0.05) is 12.6 Å². The van der Waals surface area contributed by atoms with Crippen LogP contribution in [0.15, 0.2) is 0 Å². The summed E-state index contributed by atoms with van der Waals surface area (Å²) in [6, 6.07) is 0.654. The molecule has 2 nitrogen and oxygen atoms in total. The molecule has 1 aliphatic rings. The van der Waals surface area contributed by atoms with Crippen molar-refractivity contribution in [1.82, 2.24) is 10.2 Å². The average molecular weight is 283 g/mol. The van der Waals surface area contributed by atoms with E-state index in [1.807, 2.05) is 0 Å². The van der Waals surface area contributed by atoms with Crippen LogP contribution in [0, 0.1) is 23.2 Å². The number of likely N-dealkylation sites (N-methyl/N-ethyl adjacent to an activating group) is 1. The van der Waals surface area contributed by atoms with Crippen LogP contribution in [0.4, 0.5) is 0 Å². The standard InChI is InChI=1S/C18H38N2/c1-14(2)17(20(6)7)13-19-12-15-8-10-16(11-9-15)18(3,4)5/h14-17,19H,8-13H2,1-7H3. The van der Waals surface area contributed by atoms with Crippen LogP contribution in [0.5, 0.6) is 0 Å². The number of nitrogens with zero attached hydrogens (tertiary/aromatic N) is 1. The summed E-state index contributed by atoms with van der Waals surface area (Å²) in [5.74, 6) is 2.56. The molecule has 1 N–H and O–H groups in total. The Labute approximate surface area is 127 Å². The molecule has 1 rings (SSSR count). The Hall–Kier alpha value is -0.0800. The van der Waals surface area contributed by atoms with Gasteiger partial charge in [0.15, 0.2) is 0 Å². The van der Waals surface area contributed by atoms with Gasteiger partial charge >= 0.3 is 0 Å². The molecule has 0 bridgehead atoms. The highest BCUT2D eigenvalue weighted by Gasteiger charge is 2.29. The summed E-state index contributed by atoms with van der Waals surface area (Å²) in [6.45, 7) is 14.2. The summed E-state index contributed by atoms with van der Waals surface area (Å²) < 4.78 is 0. The first-order valence-corrected chi connectivity index (χ1v) is 8.59. The number of rotatable bonds is 6.